The minimum Gasteiger partial charge on any atom is -0.330 e. The standard InChI is InChI=1S/C23H25N3O/c1-18-22(15-19-7-3-2-4-8-19)25(17-24-18)16-20-10-12-21(13-11-20)26-14-6-5-9-23(26)27/h2-4,7-8,10-13,17H,5-6,9,14-16H2,1H3. The normalized spacial score (nSPS) is 14.6. The summed E-state index contributed by atoms with van der Waals surface area (Å²) >= 11 is 0. The second-order valence-corrected chi connectivity index (χ2v) is 7.24. The van der Waals surface area contributed by atoms with E-state index in [2.05, 4.69) is 65.0 Å². The van der Waals surface area contributed by atoms with Crippen molar-refractivity contribution in [3.05, 3.63) is 83.4 Å². The van der Waals surface area contributed by atoms with E-state index in [1.165, 1.54) is 16.8 Å². The molecule has 0 unspecified atom stereocenters. The highest BCUT2D eigenvalue weighted by molar-refractivity contribution is 5.93. The molecule has 2 aromatic carbocycles. The molecule has 0 bridgehead atoms. The smallest absolute Gasteiger partial charge is 0.226 e. The molecule has 27 heavy (non-hydrogen) atoms. The molecule has 2 heterocycles. The molecule has 4 rings (SSSR count). The van der Waals surface area contributed by atoms with Crippen LogP contribution in [0.2, 0.25) is 0 Å². The Morgan fingerprint density at radius 3 is 2.48 bits per heavy atom. The number of benzene rings is 2. The lowest BCUT2D eigenvalue weighted by molar-refractivity contribution is -0.119. The van der Waals surface area contributed by atoms with Gasteiger partial charge in [-0.1, -0.05) is 42.5 Å². The first kappa shape index (κ1) is 17.5. The molecule has 1 saturated heterocycles. The van der Waals surface area contributed by atoms with E-state index in [-0.39, 0.29) is 5.91 Å². The number of rotatable bonds is 5. The van der Waals surface area contributed by atoms with Crippen LogP contribution in [0.3, 0.4) is 0 Å². The van der Waals surface area contributed by atoms with Gasteiger partial charge in [-0.3, -0.25) is 4.79 Å². The van der Waals surface area contributed by atoms with E-state index >= 15 is 0 Å². The van der Waals surface area contributed by atoms with Crippen molar-refractivity contribution in [1.82, 2.24) is 9.55 Å². The van der Waals surface area contributed by atoms with Crippen molar-refractivity contribution in [3.63, 3.8) is 0 Å². The summed E-state index contributed by atoms with van der Waals surface area (Å²) in [7, 11) is 0. The predicted molar refractivity (Wildman–Crippen MR) is 108 cm³/mol. The average molecular weight is 359 g/mol. The summed E-state index contributed by atoms with van der Waals surface area (Å²) in [6.45, 7) is 3.69. The molecular weight excluding hydrogens is 334 g/mol. The van der Waals surface area contributed by atoms with Crippen LogP contribution in [-0.2, 0) is 17.8 Å². The van der Waals surface area contributed by atoms with E-state index in [9.17, 15) is 4.79 Å². The predicted octanol–water partition coefficient (Wildman–Crippen LogP) is 4.35. The van der Waals surface area contributed by atoms with Crippen LogP contribution in [0.1, 0.15) is 41.8 Å². The molecule has 1 aliphatic rings. The van der Waals surface area contributed by atoms with Crippen molar-refractivity contribution >= 4 is 11.6 Å². The maximum Gasteiger partial charge on any atom is 0.226 e. The zero-order chi connectivity index (χ0) is 18.6. The van der Waals surface area contributed by atoms with Crippen molar-refractivity contribution in [2.45, 2.75) is 39.2 Å². The van der Waals surface area contributed by atoms with Crippen LogP contribution >= 0.6 is 0 Å². The summed E-state index contributed by atoms with van der Waals surface area (Å²) in [6.07, 6.45) is 5.57. The first-order valence-electron chi connectivity index (χ1n) is 9.64. The van der Waals surface area contributed by atoms with Gasteiger partial charge in [0, 0.05) is 37.3 Å². The Hall–Kier alpha value is -2.88. The molecule has 0 aliphatic carbocycles. The number of aromatic nitrogens is 2. The molecule has 0 spiro atoms. The summed E-state index contributed by atoms with van der Waals surface area (Å²) in [5, 5.41) is 0. The van der Waals surface area contributed by atoms with Crippen molar-refractivity contribution < 1.29 is 4.79 Å². The third-order valence-electron chi connectivity index (χ3n) is 5.29. The van der Waals surface area contributed by atoms with Crippen LogP contribution in [0.5, 0.6) is 0 Å². The Bertz CT molecular complexity index is 913. The number of amides is 1. The summed E-state index contributed by atoms with van der Waals surface area (Å²) in [5.74, 6) is 0.240. The third kappa shape index (κ3) is 3.95. The lowest BCUT2D eigenvalue weighted by Crippen LogP contribution is -2.35. The van der Waals surface area contributed by atoms with Crippen LogP contribution in [0.25, 0.3) is 0 Å². The monoisotopic (exact) mass is 359 g/mol. The fraction of sp³-hybridized carbons (Fsp3) is 0.304. The van der Waals surface area contributed by atoms with Gasteiger partial charge >= 0.3 is 0 Å². The molecule has 138 valence electrons. The molecule has 1 aliphatic heterocycles. The number of carbonyl (C=O) groups is 1. The fourth-order valence-corrected chi connectivity index (χ4v) is 3.72. The number of hydrogen-bond donors (Lipinski definition) is 0. The number of piperidine rings is 1. The van der Waals surface area contributed by atoms with Gasteiger partial charge in [-0.05, 0) is 43.0 Å². The lowest BCUT2D eigenvalue weighted by atomic mass is 10.1. The van der Waals surface area contributed by atoms with E-state index < -0.39 is 0 Å². The maximum absolute atomic E-state index is 12.1. The van der Waals surface area contributed by atoms with Crippen LogP contribution in [-0.4, -0.2) is 22.0 Å². The molecule has 1 aromatic heterocycles. The largest absolute Gasteiger partial charge is 0.330 e. The Morgan fingerprint density at radius 2 is 1.74 bits per heavy atom. The van der Waals surface area contributed by atoms with Gasteiger partial charge in [0.2, 0.25) is 5.91 Å². The SMILES string of the molecule is Cc1ncn(Cc2ccc(N3CCCCC3=O)cc2)c1Cc1ccccc1. The zero-order valence-corrected chi connectivity index (χ0v) is 15.8. The number of imidazole rings is 1. The van der Waals surface area contributed by atoms with Gasteiger partial charge < -0.3 is 9.47 Å². The molecule has 0 atom stereocenters. The minimum absolute atomic E-state index is 0.240. The molecule has 4 nitrogen and oxygen atoms in total. The molecule has 0 N–H and O–H groups in total. The van der Waals surface area contributed by atoms with E-state index in [1.54, 1.807) is 0 Å². The highest BCUT2D eigenvalue weighted by Gasteiger charge is 2.19. The maximum atomic E-state index is 12.1. The van der Waals surface area contributed by atoms with Crippen LogP contribution < -0.4 is 4.90 Å². The average Bonchev–Trinajstić information content (AvgIpc) is 3.03. The Kier molecular flexibility index (Phi) is 5.05. The molecule has 4 heteroatoms. The van der Waals surface area contributed by atoms with Crippen molar-refractivity contribution in [2.24, 2.45) is 0 Å². The summed E-state index contributed by atoms with van der Waals surface area (Å²) < 4.78 is 2.23. The first-order valence-corrected chi connectivity index (χ1v) is 9.64. The number of aryl methyl sites for hydroxylation is 1. The van der Waals surface area contributed by atoms with Crippen LogP contribution in [0, 0.1) is 6.92 Å². The number of nitrogens with zero attached hydrogens (tertiary/aromatic N) is 3. The van der Waals surface area contributed by atoms with Gasteiger partial charge in [0.1, 0.15) is 0 Å². The second-order valence-electron chi connectivity index (χ2n) is 7.24. The summed E-state index contributed by atoms with van der Waals surface area (Å²) in [6, 6.07) is 18.9. The molecule has 1 amide bonds. The third-order valence-corrected chi connectivity index (χ3v) is 5.29. The summed E-state index contributed by atoms with van der Waals surface area (Å²) in [4.78, 5) is 18.5. The number of hydrogen-bond acceptors (Lipinski definition) is 2. The lowest BCUT2D eigenvalue weighted by Gasteiger charge is -2.26. The topological polar surface area (TPSA) is 38.1 Å². The minimum atomic E-state index is 0.240. The highest BCUT2D eigenvalue weighted by atomic mass is 16.2. The molecule has 0 saturated carbocycles. The second kappa shape index (κ2) is 7.78. The van der Waals surface area contributed by atoms with E-state index in [1.807, 2.05) is 17.3 Å². The van der Waals surface area contributed by atoms with Gasteiger partial charge in [0.15, 0.2) is 0 Å². The Labute approximate surface area is 160 Å². The molecular formula is C23H25N3O. The zero-order valence-electron chi connectivity index (χ0n) is 15.8. The molecule has 1 fully saturated rings. The van der Waals surface area contributed by atoms with E-state index in [0.29, 0.717) is 6.42 Å². The fourth-order valence-electron chi connectivity index (χ4n) is 3.72. The van der Waals surface area contributed by atoms with Gasteiger partial charge in [-0.25, -0.2) is 4.98 Å². The van der Waals surface area contributed by atoms with Gasteiger partial charge in [-0.15, -0.1) is 0 Å². The van der Waals surface area contributed by atoms with Crippen LogP contribution in [0.15, 0.2) is 60.9 Å². The van der Waals surface area contributed by atoms with Crippen LogP contribution in [0.4, 0.5) is 5.69 Å². The van der Waals surface area contributed by atoms with Crippen molar-refractivity contribution in [3.8, 4) is 0 Å². The van der Waals surface area contributed by atoms with Crippen molar-refractivity contribution in [1.29, 1.82) is 0 Å². The van der Waals surface area contributed by atoms with Gasteiger partial charge in [-0.2, -0.15) is 0 Å². The van der Waals surface area contributed by atoms with Gasteiger partial charge in [0.05, 0.1) is 12.0 Å². The summed E-state index contributed by atoms with van der Waals surface area (Å²) in [5.41, 5.74) is 5.84. The Morgan fingerprint density at radius 1 is 0.963 bits per heavy atom. The number of anilines is 1. The van der Waals surface area contributed by atoms with E-state index in [0.717, 1.165) is 43.7 Å². The van der Waals surface area contributed by atoms with E-state index in [4.69, 9.17) is 0 Å². The highest BCUT2D eigenvalue weighted by Crippen LogP contribution is 2.22. The van der Waals surface area contributed by atoms with Gasteiger partial charge in [0.25, 0.3) is 0 Å². The Balaban J connectivity index is 1.50. The van der Waals surface area contributed by atoms with Crippen molar-refractivity contribution in [2.75, 3.05) is 11.4 Å². The quantitative estimate of drug-likeness (QED) is 0.679. The number of carbonyl (C=O) groups excluding carboxylic acids is 1. The molecule has 3 aromatic rings. The first-order chi connectivity index (χ1) is 13.2. The molecule has 0 radical (unpaired) electrons.